The minimum Gasteiger partial charge on any atom is -0.481 e. The minimum atomic E-state index is -0.911. The van der Waals surface area contributed by atoms with Gasteiger partial charge in [-0.15, -0.1) is 23.1 Å². The van der Waals surface area contributed by atoms with E-state index in [4.69, 9.17) is 5.11 Å². The first-order chi connectivity index (χ1) is 7.15. The lowest BCUT2D eigenvalue weighted by atomic mass is 10.4. The Bertz CT molecular complexity index is 362. The van der Waals surface area contributed by atoms with Crippen LogP contribution in [0.15, 0.2) is 16.3 Å². The number of hydrogen-bond donors (Lipinski definition) is 2. The summed E-state index contributed by atoms with van der Waals surface area (Å²) in [4.78, 5) is 23.4. The maximum Gasteiger partial charge on any atom is 0.305 e. The van der Waals surface area contributed by atoms with E-state index in [0.717, 1.165) is 4.90 Å². The van der Waals surface area contributed by atoms with E-state index in [1.807, 2.05) is 17.7 Å². The fourth-order valence-corrected chi connectivity index (χ4v) is 2.65. The maximum atomic E-state index is 11.6. The van der Waals surface area contributed by atoms with Crippen molar-refractivity contribution >= 4 is 35.0 Å². The van der Waals surface area contributed by atoms with E-state index < -0.39 is 5.97 Å². The van der Waals surface area contributed by atoms with Crippen LogP contribution in [0.2, 0.25) is 0 Å². The summed E-state index contributed by atoms with van der Waals surface area (Å²) in [6.45, 7) is 0.167. The van der Waals surface area contributed by atoms with Gasteiger partial charge in [-0.05, 0) is 17.7 Å². The normalized spacial score (nSPS) is 9.93. The molecule has 0 unspecified atom stereocenters. The van der Waals surface area contributed by atoms with Gasteiger partial charge in [0.05, 0.1) is 6.42 Å². The topological polar surface area (TPSA) is 66.4 Å². The number of carboxylic acid groups (broad SMARTS) is 1. The first-order valence-electron chi connectivity index (χ1n) is 4.26. The highest BCUT2D eigenvalue weighted by Gasteiger charge is 2.12. The summed E-state index contributed by atoms with van der Waals surface area (Å²) >= 11 is 2.86. The van der Waals surface area contributed by atoms with Gasteiger partial charge < -0.3 is 10.4 Å². The fourth-order valence-electron chi connectivity index (χ4n) is 0.987. The molecular weight excluding hydrogens is 234 g/mol. The quantitative estimate of drug-likeness (QED) is 0.774. The average Bonchev–Trinajstić information content (AvgIpc) is 2.64. The summed E-state index contributed by atoms with van der Waals surface area (Å²) < 4.78 is 0. The molecule has 0 saturated carbocycles. The number of nitrogens with one attached hydrogen (secondary N) is 1. The van der Waals surface area contributed by atoms with Gasteiger partial charge in [-0.2, -0.15) is 0 Å². The first-order valence-corrected chi connectivity index (χ1v) is 6.37. The van der Waals surface area contributed by atoms with Gasteiger partial charge in [-0.3, -0.25) is 9.59 Å². The molecule has 1 aromatic heterocycles. The molecular formula is C9H11NO3S2. The van der Waals surface area contributed by atoms with Gasteiger partial charge in [0, 0.05) is 11.4 Å². The lowest BCUT2D eigenvalue weighted by molar-refractivity contribution is -0.136. The van der Waals surface area contributed by atoms with Crippen LogP contribution < -0.4 is 5.32 Å². The van der Waals surface area contributed by atoms with Crippen molar-refractivity contribution in [1.82, 2.24) is 5.32 Å². The summed E-state index contributed by atoms with van der Waals surface area (Å²) in [7, 11) is 0. The Morgan fingerprint density at radius 3 is 2.93 bits per heavy atom. The zero-order valence-electron chi connectivity index (χ0n) is 8.15. The van der Waals surface area contributed by atoms with Crippen LogP contribution >= 0.6 is 23.1 Å². The summed E-state index contributed by atoms with van der Waals surface area (Å²) in [6, 6.07) is 1.88. The average molecular weight is 245 g/mol. The zero-order valence-corrected chi connectivity index (χ0v) is 9.78. The Labute approximate surface area is 95.7 Å². The predicted molar refractivity (Wildman–Crippen MR) is 60.7 cm³/mol. The van der Waals surface area contributed by atoms with E-state index >= 15 is 0 Å². The van der Waals surface area contributed by atoms with Crippen LogP contribution in [0.4, 0.5) is 0 Å². The molecule has 0 aliphatic heterocycles. The third-order valence-corrected chi connectivity index (χ3v) is 3.50. The van der Waals surface area contributed by atoms with E-state index in [1.54, 1.807) is 0 Å². The first kappa shape index (κ1) is 12.1. The monoisotopic (exact) mass is 245 g/mol. The molecule has 1 heterocycles. The molecule has 0 spiro atoms. The number of rotatable bonds is 5. The molecule has 6 heteroatoms. The minimum absolute atomic E-state index is 0.0499. The fraction of sp³-hybridized carbons (Fsp3) is 0.333. The van der Waals surface area contributed by atoms with Crippen molar-refractivity contribution in [3.63, 3.8) is 0 Å². The molecule has 0 radical (unpaired) electrons. The lowest BCUT2D eigenvalue weighted by Gasteiger charge is -2.02. The van der Waals surface area contributed by atoms with Crippen molar-refractivity contribution in [3.05, 3.63) is 16.3 Å². The van der Waals surface area contributed by atoms with Gasteiger partial charge in [0.25, 0.3) is 5.91 Å². The van der Waals surface area contributed by atoms with Crippen molar-refractivity contribution in [2.24, 2.45) is 0 Å². The molecule has 0 aliphatic rings. The van der Waals surface area contributed by atoms with Gasteiger partial charge in [0.2, 0.25) is 0 Å². The molecule has 2 N–H and O–H groups in total. The number of carboxylic acids is 1. The second-order valence-electron chi connectivity index (χ2n) is 2.72. The predicted octanol–water partition coefficient (Wildman–Crippen LogP) is 1.67. The number of carbonyl (C=O) groups is 2. The smallest absolute Gasteiger partial charge is 0.305 e. The molecule has 1 aromatic rings. The van der Waals surface area contributed by atoms with Crippen LogP contribution in [0.5, 0.6) is 0 Å². The Morgan fingerprint density at radius 2 is 2.33 bits per heavy atom. The van der Waals surface area contributed by atoms with Gasteiger partial charge in [0.1, 0.15) is 4.88 Å². The molecule has 1 rings (SSSR count). The van der Waals surface area contributed by atoms with Crippen molar-refractivity contribution in [1.29, 1.82) is 0 Å². The van der Waals surface area contributed by atoms with Crippen LogP contribution in [0.3, 0.4) is 0 Å². The molecule has 15 heavy (non-hydrogen) atoms. The van der Waals surface area contributed by atoms with Crippen LogP contribution in [-0.2, 0) is 4.79 Å². The Balaban J connectivity index is 2.50. The van der Waals surface area contributed by atoms with Gasteiger partial charge >= 0.3 is 5.97 Å². The molecule has 4 nitrogen and oxygen atoms in total. The highest BCUT2D eigenvalue weighted by atomic mass is 32.2. The van der Waals surface area contributed by atoms with Gasteiger partial charge in [0.15, 0.2) is 0 Å². The molecule has 0 saturated heterocycles. The number of carbonyl (C=O) groups excluding carboxylic acids is 1. The van der Waals surface area contributed by atoms with E-state index in [1.165, 1.54) is 23.1 Å². The Morgan fingerprint density at radius 1 is 1.60 bits per heavy atom. The highest BCUT2D eigenvalue weighted by Crippen LogP contribution is 2.25. The Kier molecular flexibility index (Phi) is 4.64. The van der Waals surface area contributed by atoms with E-state index in [9.17, 15) is 9.59 Å². The van der Waals surface area contributed by atoms with Crippen LogP contribution in [0.1, 0.15) is 16.1 Å². The number of thiophene rings is 1. The highest BCUT2D eigenvalue weighted by molar-refractivity contribution is 7.98. The summed E-state index contributed by atoms with van der Waals surface area (Å²) in [5.41, 5.74) is 0. The van der Waals surface area contributed by atoms with Gasteiger partial charge in [-0.25, -0.2) is 0 Å². The van der Waals surface area contributed by atoms with Crippen molar-refractivity contribution < 1.29 is 14.7 Å². The second-order valence-corrected chi connectivity index (χ2v) is 4.48. The number of aliphatic carboxylic acids is 1. The van der Waals surface area contributed by atoms with E-state index in [0.29, 0.717) is 4.88 Å². The molecule has 0 atom stereocenters. The SMILES string of the molecule is CSc1ccsc1C(=O)NCCC(=O)O. The summed E-state index contributed by atoms with van der Waals surface area (Å²) in [5.74, 6) is -1.11. The molecule has 0 fully saturated rings. The van der Waals surface area contributed by atoms with Crippen molar-refractivity contribution in [2.45, 2.75) is 11.3 Å². The van der Waals surface area contributed by atoms with Crippen LogP contribution in [-0.4, -0.2) is 29.8 Å². The molecule has 1 amide bonds. The molecule has 0 bridgehead atoms. The third kappa shape index (κ3) is 3.56. The summed E-state index contributed by atoms with van der Waals surface area (Å²) in [5, 5.41) is 12.8. The van der Waals surface area contributed by atoms with Crippen LogP contribution in [0, 0.1) is 0 Å². The van der Waals surface area contributed by atoms with E-state index in [-0.39, 0.29) is 18.9 Å². The molecule has 82 valence electrons. The van der Waals surface area contributed by atoms with Gasteiger partial charge in [-0.1, -0.05) is 0 Å². The van der Waals surface area contributed by atoms with Crippen molar-refractivity contribution in [2.75, 3.05) is 12.8 Å². The lowest BCUT2D eigenvalue weighted by Crippen LogP contribution is -2.25. The second kappa shape index (κ2) is 5.77. The number of hydrogen-bond acceptors (Lipinski definition) is 4. The molecule has 0 aromatic carbocycles. The number of thioether (sulfide) groups is 1. The van der Waals surface area contributed by atoms with E-state index in [2.05, 4.69) is 5.32 Å². The van der Waals surface area contributed by atoms with Crippen molar-refractivity contribution in [3.8, 4) is 0 Å². The molecule has 0 aliphatic carbocycles. The van der Waals surface area contributed by atoms with Crippen LogP contribution in [0.25, 0.3) is 0 Å². The Hall–Kier alpha value is -1.01. The third-order valence-electron chi connectivity index (χ3n) is 1.68. The standard InChI is InChI=1S/C9H11NO3S2/c1-14-6-3-5-15-8(6)9(13)10-4-2-7(11)12/h3,5H,2,4H2,1H3,(H,10,13)(H,11,12). The number of amides is 1. The maximum absolute atomic E-state index is 11.6. The largest absolute Gasteiger partial charge is 0.481 e. The summed E-state index contributed by atoms with van der Waals surface area (Å²) in [6.07, 6.45) is 1.85. The zero-order chi connectivity index (χ0) is 11.3.